The molecule has 6 nitrogen and oxygen atoms in total. The largest absolute Gasteiger partial charge is 0.454 e. The second-order valence-electron chi connectivity index (χ2n) is 6.18. The van der Waals surface area contributed by atoms with Gasteiger partial charge in [-0.05, 0) is 42.2 Å². The summed E-state index contributed by atoms with van der Waals surface area (Å²) in [5.41, 5.74) is 3.04. The summed E-state index contributed by atoms with van der Waals surface area (Å²) in [4.78, 5) is 36.1. The number of anilines is 1. The van der Waals surface area contributed by atoms with Crippen LogP contribution < -0.4 is 10.6 Å². The van der Waals surface area contributed by atoms with E-state index in [-0.39, 0.29) is 17.1 Å². The highest BCUT2D eigenvalue weighted by Crippen LogP contribution is 2.23. The van der Waals surface area contributed by atoms with E-state index in [9.17, 15) is 14.4 Å². The maximum atomic E-state index is 12.2. The topological polar surface area (TPSA) is 84.5 Å². The fourth-order valence-electron chi connectivity index (χ4n) is 2.67. The Morgan fingerprint density at radius 2 is 1.62 bits per heavy atom. The second-order valence-corrected chi connectivity index (χ2v) is 6.99. The van der Waals surface area contributed by atoms with Crippen LogP contribution in [-0.2, 0) is 27.2 Å². The zero-order valence-corrected chi connectivity index (χ0v) is 17.7. The fraction of sp³-hybridized carbons (Fsp3) is 0.286. The van der Waals surface area contributed by atoms with Crippen LogP contribution in [0.2, 0.25) is 10.0 Å². The van der Waals surface area contributed by atoms with Crippen molar-refractivity contribution in [3.05, 3.63) is 63.1 Å². The molecule has 29 heavy (non-hydrogen) atoms. The Morgan fingerprint density at radius 1 is 0.966 bits per heavy atom. The minimum absolute atomic E-state index is 0.234. The zero-order chi connectivity index (χ0) is 21.4. The number of halogens is 2. The zero-order valence-electron chi connectivity index (χ0n) is 16.2. The first-order chi connectivity index (χ1) is 13.8. The molecule has 2 N–H and O–H groups in total. The predicted molar refractivity (Wildman–Crippen MR) is 114 cm³/mol. The van der Waals surface area contributed by atoms with Crippen molar-refractivity contribution in [3.8, 4) is 0 Å². The fourth-order valence-corrected chi connectivity index (χ4v) is 2.97. The van der Waals surface area contributed by atoms with Gasteiger partial charge in [0.15, 0.2) is 6.61 Å². The Kier molecular flexibility index (Phi) is 8.49. The average molecular weight is 437 g/mol. The van der Waals surface area contributed by atoms with E-state index in [1.165, 1.54) is 18.2 Å². The van der Waals surface area contributed by atoms with E-state index in [0.717, 1.165) is 29.7 Å². The van der Waals surface area contributed by atoms with Crippen molar-refractivity contribution in [3.63, 3.8) is 0 Å². The summed E-state index contributed by atoms with van der Waals surface area (Å²) in [7, 11) is 0. The number of aryl methyl sites for hydroxylation is 2. The Balaban J connectivity index is 1.84. The van der Waals surface area contributed by atoms with Crippen LogP contribution in [0.1, 0.15) is 35.3 Å². The van der Waals surface area contributed by atoms with E-state index >= 15 is 0 Å². The number of para-hydroxylation sites is 1. The van der Waals surface area contributed by atoms with Crippen LogP contribution in [0.25, 0.3) is 0 Å². The van der Waals surface area contributed by atoms with E-state index in [1.807, 2.05) is 32.0 Å². The summed E-state index contributed by atoms with van der Waals surface area (Å²) in [5, 5.41) is 5.77. The molecule has 0 aliphatic rings. The minimum atomic E-state index is -0.729. The lowest BCUT2D eigenvalue weighted by molar-refractivity contribution is -0.146. The minimum Gasteiger partial charge on any atom is -0.454 e. The number of hydrogen-bond donors (Lipinski definition) is 2. The van der Waals surface area contributed by atoms with Gasteiger partial charge in [-0.25, -0.2) is 0 Å². The summed E-state index contributed by atoms with van der Waals surface area (Å²) >= 11 is 11.7. The van der Waals surface area contributed by atoms with E-state index in [0.29, 0.717) is 5.02 Å². The van der Waals surface area contributed by atoms with Crippen molar-refractivity contribution in [1.82, 2.24) is 5.32 Å². The van der Waals surface area contributed by atoms with Gasteiger partial charge in [-0.15, -0.1) is 0 Å². The van der Waals surface area contributed by atoms with Crippen LogP contribution in [0.5, 0.6) is 0 Å². The molecular weight excluding hydrogens is 415 g/mol. The molecule has 0 spiro atoms. The van der Waals surface area contributed by atoms with E-state index < -0.39 is 24.4 Å². The number of rotatable bonds is 8. The van der Waals surface area contributed by atoms with Gasteiger partial charge in [-0.3, -0.25) is 14.4 Å². The Morgan fingerprint density at radius 3 is 2.21 bits per heavy atom. The number of carbonyl (C=O) groups is 3. The third-order valence-electron chi connectivity index (χ3n) is 4.20. The number of ether oxygens (including phenoxy) is 1. The van der Waals surface area contributed by atoms with Crippen LogP contribution in [-0.4, -0.2) is 30.9 Å². The normalized spacial score (nSPS) is 10.3. The van der Waals surface area contributed by atoms with E-state index in [4.69, 9.17) is 27.9 Å². The summed E-state index contributed by atoms with van der Waals surface area (Å²) < 4.78 is 4.94. The number of esters is 1. The van der Waals surface area contributed by atoms with Gasteiger partial charge in [0.2, 0.25) is 0 Å². The molecule has 0 aromatic heterocycles. The molecule has 0 aliphatic heterocycles. The van der Waals surface area contributed by atoms with Crippen molar-refractivity contribution in [1.29, 1.82) is 0 Å². The lowest BCUT2D eigenvalue weighted by Crippen LogP contribution is -2.32. The molecule has 2 rings (SSSR count). The molecule has 8 heteroatoms. The van der Waals surface area contributed by atoms with Crippen molar-refractivity contribution >= 4 is 46.7 Å². The highest BCUT2D eigenvalue weighted by molar-refractivity contribution is 6.42. The molecule has 0 fully saturated rings. The van der Waals surface area contributed by atoms with Crippen LogP contribution in [0, 0.1) is 0 Å². The summed E-state index contributed by atoms with van der Waals surface area (Å²) in [5.74, 6) is -1.67. The van der Waals surface area contributed by atoms with E-state index in [1.54, 1.807) is 0 Å². The van der Waals surface area contributed by atoms with Crippen LogP contribution >= 0.6 is 23.2 Å². The SMILES string of the molecule is CCc1cccc(CC)c1NC(=O)COC(=O)CNC(=O)c1ccc(Cl)c(Cl)c1. The van der Waals surface area contributed by atoms with Crippen molar-refractivity contribution in [2.45, 2.75) is 26.7 Å². The van der Waals surface area contributed by atoms with Crippen LogP contribution in [0.3, 0.4) is 0 Å². The molecule has 154 valence electrons. The van der Waals surface area contributed by atoms with Gasteiger partial charge in [0.1, 0.15) is 6.54 Å². The molecule has 0 bridgehead atoms. The monoisotopic (exact) mass is 436 g/mol. The van der Waals surface area contributed by atoms with Gasteiger partial charge >= 0.3 is 5.97 Å². The summed E-state index contributed by atoms with van der Waals surface area (Å²) in [6.45, 7) is 3.18. The van der Waals surface area contributed by atoms with E-state index in [2.05, 4.69) is 10.6 Å². The standard InChI is InChI=1S/C21H22Cl2N2O4/c1-3-13-6-5-7-14(4-2)20(13)25-18(26)12-29-19(27)11-24-21(28)15-8-9-16(22)17(23)10-15/h5-10H,3-4,11-12H2,1-2H3,(H,24,28)(H,25,26). The molecule has 0 radical (unpaired) electrons. The second kappa shape index (κ2) is 10.8. The molecule has 2 aromatic rings. The van der Waals surface area contributed by atoms with Crippen molar-refractivity contribution < 1.29 is 19.1 Å². The quantitative estimate of drug-likeness (QED) is 0.611. The first-order valence-electron chi connectivity index (χ1n) is 9.15. The number of hydrogen-bond acceptors (Lipinski definition) is 4. The third-order valence-corrected chi connectivity index (χ3v) is 4.94. The summed E-state index contributed by atoms with van der Waals surface area (Å²) in [6, 6.07) is 10.2. The van der Waals surface area contributed by atoms with Gasteiger partial charge in [-0.2, -0.15) is 0 Å². The van der Waals surface area contributed by atoms with Gasteiger partial charge in [0.05, 0.1) is 10.0 Å². The molecule has 2 amide bonds. The Hall–Kier alpha value is -2.57. The molecule has 0 aliphatic carbocycles. The number of nitrogens with one attached hydrogen (secondary N) is 2. The predicted octanol–water partition coefficient (Wildman–Crippen LogP) is 4.03. The Bertz CT molecular complexity index is 893. The average Bonchev–Trinajstić information content (AvgIpc) is 2.72. The molecule has 0 unspecified atom stereocenters. The van der Waals surface area contributed by atoms with Crippen molar-refractivity contribution in [2.75, 3.05) is 18.5 Å². The lowest BCUT2D eigenvalue weighted by Gasteiger charge is -2.14. The Labute approximate surface area is 179 Å². The smallest absolute Gasteiger partial charge is 0.325 e. The van der Waals surface area contributed by atoms with Gasteiger partial charge < -0.3 is 15.4 Å². The van der Waals surface area contributed by atoms with Gasteiger partial charge in [0, 0.05) is 11.3 Å². The van der Waals surface area contributed by atoms with Crippen molar-refractivity contribution in [2.24, 2.45) is 0 Å². The number of carbonyl (C=O) groups excluding carboxylic acids is 3. The van der Waals surface area contributed by atoms with Crippen LogP contribution in [0.15, 0.2) is 36.4 Å². The number of amides is 2. The van der Waals surface area contributed by atoms with Gasteiger partial charge in [-0.1, -0.05) is 55.2 Å². The molecule has 0 saturated carbocycles. The molecule has 2 aromatic carbocycles. The maximum absolute atomic E-state index is 12.2. The lowest BCUT2D eigenvalue weighted by atomic mass is 10.0. The number of benzene rings is 2. The molecule has 0 heterocycles. The maximum Gasteiger partial charge on any atom is 0.325 e. The van der Waals surface area contributed by atoms with Gasteiger partial charge in [0.25, 0.3) is 11.8 Å². The molecule has 0 atom stereocenters. The highest BCUT2D eigenvalue weighted by Gasteiger charge is 2.14. The first kappa shape index (κ1) is 22.7. The third kappa shape index (κ3) is 6.48. The first-order valence-corrected chi connectivity index (χ1v) is 9.90. The van der Waals surface area contributed by atoms with Crippen LogP contribution in [0.4, 0.5) is 5.69 Å². The molecular formula is C21H22Cl2N2O4. The highest BCUT2D eigenvalue weighted by atomic mass is 35.5. The summed E-state index contributed by atoms with van der Waals surface area (Å²) in [6.07, 6.45) is 1.54. The molecule has 0 saturated heterocycles.